The Labute approximate surface area is 203 Å². The fourth-order valence-electron chi connectivity index (χ4n) is 2.97. The average Bonchev–Trinajstić information content (AvgIpc) is 3.39. The van der Waals surface area contributed by atoms with E-state index in [9.17, 15) is 9.59 Å². The Bertz CT molecular complexity index is 1240. The summed E-state index contributed by atoms with van der Waals surface area (Å²) in [7, 11) is 0. The maximum Gasteiger partial charge on any atom is 0.302 e. The lowest BCUT2D eigenvalue weighted by Gasteiger charge is -2.17. The number of hydrogen-bond acceptors (Lipinski definition) is 6. The van der Waals surface area contributed by atoms with Gasteiger partial charge in [0.1, 0.15) is 5.70 Å². The van der Waals surface area contributed by atoms with Crippen LogP contribution in [-0.4, -0.2) is 28.0 Å². The van der Waals surface area contributed by atoms with Crippen molar-refractivity contribution in [2.24, 2.45) is 4.99 Å². The largest absolute Gasteiger partial charge is 0.302 e. The number of amidine groups is 1. The fourth-order valence-corrected chi connectivity index (χ4v) is 4.29. The van der Waals surface area contributed by atoms with E-state index < -0.39 is 0 Å². The molecule has 0 fully saturated rings. The van der Waals surface area contributed by atoms with Gasteiger partial charge in [-0.15, -0.1) is 0 Å². The van der Waals surface area contributed by atoms with Crippen molar-refractivity contribution in [2.45, 2.75) is 13.5 Å². The van der Waals surface area contributed by atoms with Crippen LogP contribution in [0.4, 0.5) is 11.6 Å². The normalized spacial score (nSPS) is 14.6. The van der Waals surface area contributed by atoms with Crippen LogP contribution < -0.4 is 14.9 Å². The molecule has 0 saturated carbocycles. The quantitative estimate of drug-likeness (QED) is 0.398. The van der Waals surface area contributed by atoms with E-state index in [1.165, 1.54) is 4.90 Å². The number of amides is 2. The Balaban J connectivity index is 1.58. The second-order valence-corrected chi connectivity index (χ2v) is 8.55. The van der Waals surface area contributed by atoms with E-state index in [1.54, 1.807) is 47.3 Å². The summed E-state index contributed by atoms with van der Waals surface area (Å²) in [6, 6.07) is 14.2. The third-order valence-electron chi connectivity index (χ3n) is 4.55. The molecule has 1 aliphatic rings. The number of aliphatic imine (C=N–C) groups is 1. The number of nitrogens with zero attached hydrogens (tertiary/aromatic N) is 4. The molecule has 2 aromatic carbocycles. The van der Waals surface area contributed by atoms with Crippen molar-refractivity contribution in [3.63, 3.8) is 0 Å². The molecule has 0 atom stereocenters. The van der Waals surface area contributed by atoms with Crippen molar-refractivity contribution in [3.8, 4) is 0 Å². The molecule has 33 heavy (non-hydrogen) atoms. The van der Waals surface area contributed by atoms with Crippen molar-refractivity contribution in [1.82, 2.24) is 5.27 Å². The van der Waals surface area contributed by atoms with E-state index in [0.717, 1.165) is 11.8 Å². The smallest absolute Gasteiger partial charge is 0.288 e. The van der Waals surface area contributed by atoms with Gasteiger partial charge >= 0.3 is 5.88 Å². The standard InChI is InChI=1S/C22H17Cl2N5O3S/c1-2-28-12-20(32-27-28)26-19(30)13-33-22-25-18(11-15-16(23)9-6-10-17(15)24)21(31)29(22)14-7-4-3-5-8-14/h3-12H,2,13H2,1H3/p+1/b18-11-. The second-order valence-electron chi connectivity index (χ2n) is 6.79. The third-order valence-corrected chi connectivity index (χ3v) is 6.15. The highest BCUT2D eigenvalue weighted by molar-refractivity contribution is 8.14. The van der Waals surface area contributed by atoms with Crippen molar-refractivity contribution >= 4 is 69.6 Å². The zero-order chi connectivity index (χ0) is 23.4. The summed E-state index contributed by atoms with van der Waals surface area (Å²) in [4.78, 5) is 31.6. The minimum absolute atomic E-state index is 0.00238. The summed E-state index contributed by atoms with van der Waals surface area (Å²) in [6.45, 7) is 2.52. The van der Waals surface area contributed by atoms with Gasteiger partial charge in [0.15, 0.2) is 11.7 Å². The van der Waals surface area contributed by atoms with Gasteiger partial charge in [-0.05, 0) is 37.3 Å². The molecule has 2 amide bonds. The Hall–Kier alpha value is -3.14. The maximum atomic E-state index is 13.2. The first-order valence-electron chi connectivity index (χ1n) is 9.89. The molecule has 4 rings (SSSR count). The second kappa shape index (κ2) is 10.2. The number of nitrogens with one attached hydrogen (secondary N) is 1. The first-order chi connectivity index (χ1) is 16.0. The number of aromatic nitrogens is 2. The van der Waals surface area contributed by atoms with E-state index in [0.29, 0.717) is 33.0 Å². The molecule has 1 aliphatic heterocycles. The SMILES string of the molecule is CC[n+]1cc(NC(=O)CSC2=N/C(=C\c3c(Cl)cccc3Cl)C(=O)N2c2ccccc2)on1. The predicted octanol–water partition coefficient (Wildman–Crippen LogP) is 4.40. The predicted molar refractivity (Wildman–Crippen MR) is 129 cm³/mol. The van der Waals surface area contributed by atoms with E-state index in [4.69, 9.17) is 27.7 Å². The van der Waals surface area contributed by atoms with Crippen LogP contribution in [0.2, 0.25) is 10.0 Å². The summed E-state index contributed by atoms with van der Waals surface area (Å²) < 4.78 is 6.61. The Morgan fingerprint density at radius 2 is 1.91 bits per heavy atom. The molecule has 1 aromatic heterocycles. The number of rotatable bonds is 6. The Kier molecular flexibility index (Phi) is 7.12. The van der Waals surface area contributed by atoms with Crippen molar-refractivity contribution < 1.29 is 18.8 Å². The van der Waals surface area contributed by atoms with Crippen LogP contribution in [-0.2, 0) is 16.1 Å². The van der Waals surface area contributed by atoms with Gasteiger partial charge in [-0.3, -0.25) is 24.3 Å². The molecule has 0 unspecified atom stereocenters. The third kappa shape index (κ3) is 5.27. The Morgan fingerprint density at radius 1 is 1.18 bits per heavy atom. The number of carbonyl (C=O) groups excluding carboxylic acids is 2. The number of thioether (sulfide) groups is 1. The first-order valence-corrected chi connectivity index (χ1v) is 11.6. The molecule has 0 radical (unpaired) electrons. The zero-order valence-electron chi connectivity index (χ0n) is 17.4. The summed E-state index contributed by atoms with van der Waals surface area (Å²) in [5.41, 5.74) is 1.29. The molecule has 0 bridgehead atoms. The number of benzene rings is 2. The average molecular weight is 503 g/mol. The highest BCUT2D eigenvalue weighted by atomic mass is 35.5. The summed E-state index contributed by atoms with van der Waals surface area (Å²) in [5.74, 6) is -0.434. The number of carbonyl (C=O) groups is 2. The molecule has 11 heteroatoms. The lowest BCUT2D eigenvalue weighted by Crippen LogP contribution is -2.33. The lowest BCUT2D eigenvalue weighted by molar-refractivity contribution is -0.759. The highest BCUT2D eigenvalue weighted by Crippen LogP contribution is 2.32. The van der Waals surface area contributed by atoms with Gasteiger partial charge in [0, 0.05) is 15.6 Å². The van der Waals surface area contributed by atoms with E-state index >= 15 is 0 Å². The van der Waals surface area contributed by atoms with E-state index in [2.05, 4.69) is 15.6 Å². The summed E-state index contributed by atoms with van der Waals surface area (Å²) in [5, 5.41) is 7.57. The number of para-hydroxylation sites is 1. The molecule has 1 N–H and O–H groups in total. The maximum absolute atomic E-state index is 13.2. The number of hydrogen-bond donors (Lipinski definition) is 1. The van der Waals surface area contributed by atoms with Crippen LogP contribution in [0.1, 0.15) is 12.5 Å². The lowest BCUT2D eigenvalue weighted by atomic mass is 10.2. The molecular formula is C22H18Cl2N5O3S+. The van der Waals surface area contributed by atoms with Gasteiger partial charge in [0.05, 0.1) is 11.4 Å². The van der Waals surface area contributed by atoms with Crippen molar-refractivity contribution in [2.75, 3.05) is 16.0 Å². The zero-order valence-corrected chi connectivity index (χ0v) is 19.7. The number of aryl methyl sites for hydroxylation is 1. The molecule has 2 heterocycles. The highest BCUT2D eigenvalue weighted by Gasteiger charge is 2.32. The first kappa shape index (κ1) is 23.0. The van der Waals surface area contributed by atoms with Gasteiger partial charge in [-0.2, -0.15) is 0 Å². The Morgan fingerprint density at radius 3 is 2.58 bits per heavy atom. The van der Waals surface area contributed by atoms with Crippen LogP contribution in [0.3, 0.4) is 0 Å². The van der Waals surface area contributed by atoms with Gasteiger partial charge in [0.25, 0.3) is 12.1 Å². The van der Waals surface area contributed by atoms with Gasteiger partial charge in [-0.25, -0.2) is 4.99 Å². The van der Waals surface area contributed by atoms with Crippen LogP contribution in [0, 0.1) is 0 Å². The fraction of sp³-hybridized carbons (Fsp3) is 0.136. The van der Waals surface area contributed by atoms with E-state index in [-0.39, 0.29) is 29.1 Å². The van der Waals surface area contributed by atoms with Crippen LogP contribution >= 0.6 is 35.0 Å². The van der Waals surface area contributed by atoms with Gasteiger partial charge < -0.3 is 0 Å². The monoisotopic (exact) mass is 502 g/mol. The van der Waals surface area contributed by atoms with Gasteiger partial charge in [-0.1, -0.05) is 63.9 Å². The van der Waals surface area contributed by atoms with Gasteiger partial charge in [0.2, 0.25) is 11.2 Å². The molecule has 0 spiro atoms. The van der Waals surface area contributed by atoms with Crippen LogP contribution in [0.15, 0.2) is 69.9 Å². The summed E-state index contributed by atoms with van der Waals surface area (Å²) in [6.07, 6.45) is 3.14. The number of halogens is 2. The molecular weight excluding hydrogens is 485 g/mol. The summed E-state index contributed by atoms with van der Waals surface area (Å²) >= 11 is 13.6. The minimum Gasteiger partial charge on any atom is -0.288 e. The molecule has 0 saturated heterocycles. The molecule has 0 aliphatic carbocycles. The minimum atomic E-state index is -0.348. The van der Waals surface area contributed by atoms with Crippen LogP contribution in [0.5, 0.6) is 0 Å². The molecule has 8 nitrogen and oxygen atoms in total. The van der Waals surface area contributed by atoms with Crippen molar-refractivity contribution in [1.29, 1.82) is 0 Å². The van der Waals surface area contributed by atoms with Crippen LogP contribution in [0.25, 0.3) is 6.08 Å². The number of anilines is 2. The molecule has 3 aromatic rings. The molecule has 168 valence electrons. The van der Waals surface area contributed by atoms with E-state index in [1.807, 2.05) is 25.1 Å². The van der Waals surface area contributed by atoms with Crippen molar-refractivity contribution in [3.05, 3.63) is 76.0 Å². The topological polar surface area (TPSA) is 91.7 Å².